The van der Waals surface area contributed by atoms with Gasteiger partial charge in [-0.3, -0.25) is 14.5 Å². The number of ether oxygens (including phenoxy) is 4. The zero-order valence-corrected chi connectivity index (χ0v) is 23.5. The molecule has 10 heteroatoms. The molecule has 3 unspecified atom stereocenters. The van der Waals surface area contributed by atoms with Crippen molar-refractivity contribution in [1.29, 1.82) is 0 Å². The Morgan fingerprint density at radius 1 is 1.07 bits per heavy atom. The molecular weight excluding hydrogens is 516 g/mol. The van der Waals surface area contributed by atoms with Crippen molar-refractivity contribution in [2.45, 2.75) is 44.6 Å². The van der Waals surface area contributed by atoms with Gasteiger partial charge in [-0.1, -0.05) is 31.5 Å². The summed E-state index contributed by atoms with van der Waals surface area (Å²) in [5, 5.41) is 19.9. The first-order valence-corrected chi connectivity index (χ1v) is 13.9. The summed E-state index contributed by atoms with van der Waals surface area (Å²) in [6.07, 6.45) is 2.70. The van der Waals surface area contributed by atoms with E-state index in [0.29, 0.717) is 55.5 Å². The summed E-state index contributed by atoms with van der Waals surface area (Å²) in [4.78, 5) is 30.3. The Balaban J connectivity index is 1.70. The number of hydrogen-bond acceptors (Lipinski definition) is 8. The Bertz CT molecular complexity index is 1160. The first-order valence-electron chi connectivity index (χ1n) is 13.9. The lowest BCUT2D eigenvalue weighted by Crippen LogP contribution is -2.45. The van der Waals surface area contributed by atoms with E-state index in [9.17, 15) is 19.8 Å². The van der Waals surface area contributed by atoms with Gasteiger partial charge in [-0.05, 0) is 48.6 Å². The van der Waals surface area contributed by atoms with Crippen molar-refractivity contribution in [3.05, 3.63) is 47.5 Å². The minimum Gasteiger partial charge on any atom is -0.496 e. The molecule has 218 valence electrons. The number of para-hydroxylation sites is 1. The van der Waals surface area contributed by atoms with Crippen molar-refractivity contribution < 1.29 is 38.7 Å². The van der Waals surface area contributed by atoms with E-state index in [1.54, 1.807) is 12.0 Å². The summed E-state index contributed by atoms with van der Waals surface area (Å²) < 4.78 is 22.3. The van der Waals surface area contributed by atoms with E-state index in [4.69, 9.17) is 18.9 Å². The van der Waals surface area contributed by atoms with E-state index in [1.165, 1.54) is 7.11 Å². The number of nitrogens with zero attached hydrogens (tertiary/aromatic N) is 2. The molecule has 40 heavy (non-hydrogen) atoms. The van der Waals surface area contributed by atoms with Crippen LogP contribution in [-0.4, -0.2) is 91.7 Å². The molecule has 3 atom stereocenters. The van der Waals surface area contributed by atoms with Crippen LogP contribution in [0.25, 0.3) is 0 Å². The minimum atomic E-state index is -0.931. The number of aliphatic hydroxyl groups excluding tert-OH is 1. The van der Waals surface area contributed by atoms with Crippen LogP contribution in [0.15, 0.2) is 36.4 Å². The second kappa shape index (κ2) is 13.7. The summed E-state index contributed by atoms with van der Waals surface area (Å²) in [6, 6.07) is 10.7. The quantitative estimate of drug-likeness (QED) is 0.362. The van der Waals surface area contributed by atoms with Gasteiger partial charge in [0.25, 0.3) is 0 Å². The number of carbonyl (C=O) groups is 2. The van der Waals surface area contributed by atoms with Gasteiger partial charge in [0.2, 0.25) is 18.4 Å². The number of aliphatic hydroxyl groups is 1. The highest BCUT2D eigenvalue weighted by Gasteiger charge is 2.48. The number of amides is 1. The highest BCUT2D eigenvalue weighted by Crippen LogP contribution is 2.47. The molecule has 0 aromatic heterocycles. The van der Waals surface area contributed by atoms with Gasteiger partial charge in [-0.15, -0.1) is 0 Å². The lowest BCUT2D eigenvalue weighted by molar-refractivity contribution is -0.143. The number of rotatable bonds is 14. The number of fused-ring (bicyclic) bond motifs is 1. The molecule has 0 bridgehead atoms. The van der Waals surface area contributed by atoms with Crippen LogP contribution in [0.2, 0.25) is 0 Å². The fraction of sp³-hybridized carbons (Fsp3) is 0.533. The summed E-state index contributed by atoms with van der Waals surface area (Å²) in [7, 11) is 3.13. The van der Waals surface area contributed by atoms with E-state index >= 15 is 0 Å². The zero-order chi connectivity index (χ0) is 28.6. The van der Waals surface area contributed by atoms with Crippen LogP contribution in [0.1, 0.15) is 43.2 Å². The number of unbranched alkanes of at least 4 members (excludes halogenated alkanes) is 1. The van der Waals surface area contributed by atoms with Gasteiger partial charge in [-0.25, -0.2) is 0 Å². The maximum Gasteiger partial charge on any atom is 0.308 e. The largest absolute Gasteiger partial charge is 0.496 e. The molecule has 0 aliphatic carbocycles. The third kappa shape index (κ3) is 6.45. The second-order valence-electron chi connectivity index (χ2n) is 10.3. The van der Waals surface area contributed by atoms with Crippen LogP contribution in [-0.2, 0) is 16.0 Å². The Morgan fingerprint density at radius 3 is 2.52 bits per heavy atom. The molecule has 10 nitrogen and oxygen atoms in total. The predicted molar refractivity (Wildman–Crippen MR) is 148 cm³/mol. The maximum absolute atomic E-state index is 13.6. The molecular formula is C30H40N2O8. The van der Waals surface area contributed by atoms with Gasteiger partial charge in [0.1, 0.15) is 5.75 Å². The lowest BCUT2D eigenvalue weighted by atomic mass is 9.83. The second-order valence-corrected chi connectivity index (χ2v) is 10.3. The van der Waals surface area contributed by atoms with Gasteiger partial charge >= 0.3 is 5.97 Å². The molecule has 4 rings (SSSR count). The number of aliphatic carboxylic acids is 1. The van der Waals surface area contributed by atoms with Crippen molar-refractivity contribution in [3.63, 3.8) is 0 Å². The lowest BCUT2D eigenvalue weighted by Gasteiger charge is -2.30. The number of carbonyl (C=O) groups excluding carboxylic acids is 1. The molecule has 1 fully saturated rings. The van der Waals surface area contributed by atoms with Crippen LogP contribution in [0.5, 0.6) is 23.0 Å². The smallest absolute Gasteiger partial charge is 0.308 e. The van der Waals surface area contributed by atoms with E-state index in [0.717, 1.165) is 24.0 Å². The van der Waals surface area contributed by atoms with Gasteiger partial charge in [0.05, 0.1) is 26.7 Å². The summed E-state index contributed by atoms with van der Waals surface area (Å²) in [6.45, 7) is 3.66. The van der Waals surface area contributed by atoms with E-state index in [1.807, 2.05) is 41.3 Å². The highest BCUT2D eigenvalue weighted by molar-refractivity contribution is 5.79. The van der Waals surface area contributed by atoms with Gasteiger partial charge in [-0.2, -0.15) is 0 Å². The van der Waals surface area contributed by atoms with Crippen LogP contribution in [0.4, 0.5) is 0 Å². The maximum atomic E-state index is 13.6. The molecule has 1 saturated heterocycles. The van der Waals surface area contributed by atoms with Crippen molar-refractivity contribution in [1.82, 2.24) is 9.80 Å². The number of hydrogen-bond donors (Lipinski definition) is 2. The van der Waals surface area contributed by atoms with Crippen molar-refractivity contribution >= 4 is 11.9 Å². The average molecular weight is 557 g/mol. The fourth-order valence-corrected chi connectivity index (χ4v) is 5.79. The van der Waals surface area contributed by atoms with Crippen molar-refractivity contribution in [2.75, 3.05) is 53.8 Å². The predicted octanol–water partition coefficient (Wildman–Crippen LogP) is 3.15. The number of likely N-dealkylation sites (tertiary alicyclic amines) is 1. The third-order valence-electron chi connectivity index (χ3n) is 7.82. The number of carboxylic acids is 1. The SMILES string of the molecule is CCCCN(CCCO)C(=O)CN1CC(c2cc(OC)c3c(c2)OCO3)C(C(=O)O)C1Cc1ccccc1OC. The number of benzene rings is 2. The molecule has 1 amide bonds. The summed E-state index contributed by atoms with van der Waals surface area (Å²) in [5.41, 5.74) is 1.64. The number of carboxylic acid groups (broad SMARTS) is 1. The molecule has 2 heterocycles. The normalized spacial score (nSPS) is 19.9. The van der Waals surface area contributed by atoms with Crippen molar-refractivity contribution in [2.24, 2.45) is 5.92 Å². The van der Waals surface area contributed by atoms with Crippen molar-refractivity contribution in [3.8, 4) is 23.0 Å². The highest BCUT2D eigenvalue weighted by atomic mass is 16.7. The summed E-state index contributed by atoms with van der Waals surface area (Å²) in [5.74, 6) is -0.0367. The molecule has 2 aliphatic rings. The zero-order valence-electron chi connectivity index (χ0n) is 23.5. The molecule has 2 aromatic carbocycles. The molecule has 0 saturated carbocycles. The monoisotopic (exact) mass is 556 g/mol. The molecule has 2 aliphatic heterocycles. The minimum absolute atomic E-state index is 0.00511. The first kappa shape index (κ1) is 29.5. The Morgan fingerprint density at radius 2 is 1.82 bits per heavy atom. The Kier molecular flexibility index (Phi) is 10.1. The Hall–Kier alpha value is -3.50. The fourth-order valence-electron chi connectivity index (χ4n) is 5.79. The standard InChI is InChI=1S/C30H40N2O8/c1-4-5-11-31(12-8-13-33)27(34)18-32-17-22(21-15-25(38-3)29-26(16-21)39-19-40-29)28(30(35)36)23(32)14-20-9-6-7-10-24(20)37-2/h6-7,9-10,15-16,22-23,28,33H,4-5,8,11-14,17-19H2,1-3H3,(H,35,36). The topological polar surface area (TPSA) is 118 Å². The van der Waals surface area contributed by atoms with Crippen LogP contribution in [0.3, 0.4) is 0 Å². The van der Waals surface area contributed by atoms with Crippen LogP contribution >= 0.6 is 0 Å². The summed E-state index contributed by atoms with van der Waals surface area (Å²) >= 11 is 0. The Labute approximate surface area is 235 Å². The van der Waals surface area contributed by atoms with Gasteiger partial charge in [0.15, 0.2) is 11.5 Å². The van der Waals surface area contributed by atoms with Crippen LogP contribution < -0.4 is 18.9 Å². The molecule has 2 aromatic rings. The van der Waals surface area contributed by atoms with E-state index in [-0.39, 0.29) is 25.9 Å². The van der Waals surface area contributed by atoms with Gasteiger partial charge in [0, 0.05) is 38.2 Å². The van der Waals surface area contributed by atoms with Crippen LogP contribution in [0, 0.1) is 5.92 Å². The third-order valence-corrected chi connectivity index (χ3v) is 7.82. The molecule has 0 radical (unpaired) electrons. The first-order chi connectivity index (χ1) is 19.4. The molecule has 2 N–H and O–H groups in total. The number of methoxy groups -OCH3 is 2. The van der Waals surface area contributed by atoms with E-state index < -0.39 is 23.8 Å². The van der Waals surface area contributed by atoms with Gasteiger partial charge < -0.3 is 34.1 Å². The van der Waals surface area contributed by atoms with E-state index in [2.05, 4.69) is 6.92 Å². The average Bonchev–Trinajstić information content (AvgIpc) is 3.57. The molecule has 0 spiro atoms.